The smallest absolute Gasteiger partial charge is 0.250 e. The highest BCUT2D eigenvalue weighted by Gasteiger charge is 2.11. The third kappa shape index (κ3) is 3.79. The van der Waals surface area contributed by atoms with Crippen molar-refractivity contribution < 1.29 is 9.21 Å². The highest BCUT2D eigenvalue weighted by molar-refractivity contribution is 9.10. The van der Waals surface area contributed by atoms with Crippen LogP contribution in [0.25, 0.3) is 39.3 Å². The number of nitrogens with zero attached hydrogens (tertiary/aromatic N) is 1. The molecule has 0 unspecified atom stereocenters. The molecule has 2 heterocycles. The van der Waals surface area contributed by atoms with E-state index in [1.807, 2.05) is 60.0 Å². The summed E-state index contributed by atoms with van der Waals surface area (Å²) in [6.07, 6.45) is 3.28. The molecule has 0 fully saturated rings. The van der Waals surface area contributed by atoms with Crippen LogP contribution in [0.3, 0.4) is 0 Å². The molecule has 0 aliphatic rings. The molecule has 1 amide bonds. The van der Waals surface area contributed by atoms with Gasteiger partial charge in [0.15, 0.2) is 5.13 Å². The first-order chi connectivity index (χ1) is 14.7. The van der Waals surface area contributed by atoms with Crippen LogP contribution in [-0.4, -0.2) is 10.9 Å². The molecule has 0 bridgehead atoms. The first kappa shape index (κ1) is 18.8. The minimum atomic E-state index is -0.213. The fourth-order valence-corrected chi connectivity index (χ4v) is 4.23. The Morgan fingerprint density at radius 2 is 1.80 bits per heavy atom. The van der Waals surface area contributed by atoms with Crippen molar-refractivity contribution in [1.29, 1.82) is 0 Å². The summed E-state index contributed by atoms with van der Waals surface area (Å²) in [4.78, 5) is 16.8. The Labute approximate surface area is 185 Å². The van der Waals surface area contributed by atoms with Crippen molar-refractivity contribution in [1.82, 2.24) is 4.98 Å². The molecule has 0 atom stereocenters. The summed E-state index contributed by atoms with van der Waals surface area (Å²) in [5.74, 6) is -0.213. The molecule has 4 nitrogen and oxygen atoms in total. The molecule has 0 saturated carbocycles. The highest BCUT2D eigenvalue weighted by atomic mass is 79.9. The summed E-state index contributed by atoms with van der Waals surface area (Å²) in [5, 5.41) is 7.47. The van der Waals surface area contributed by atoms with Gasteiger partial charge >= 0.3 is 0 Å². The second-order valence-electron chi connectivity index (χ2n) is 6.72. The van der Waals surface area contributed by atoms with E-state index in [0.717, 1.165) is 43.2 Å². The van der Waals surface area contributed by atoms with Gasteiger partial charge in [0.05, 0.1) is 5.69 Å². The molecule has 0 spiro atoms. The first-order valence-corrected chi connectivity index (χ1v) is 10.9. The number of carbonyl (C=O) groups excluding carboxylic acids is 1. The molecule has 3 aromatic carbocycles. The van der Waals surface area contributed by atoms with Crippen LogP contribution in [0.2, 0.25) is 0 Å². The fraction of sp³-hybridized carbons (Fsp3) is 0. The Bertz CT molecular complexity index is 1400. The van der Waals surface area contributed by atoms with Gasteiger partial charge in [0.1, 0.15) is 11.2 Å². The van der Waals surface area contributed by atoms with E-state index in [2.05, 4.69) is 38.4 Å². The molecule has 30 heavy (non-hydrogen) atoms. The zero-order valence-corrected chi connectivity index (χ0v) is 18.0. The molecule has 0 aliphatic heterocycles. The van der Waals surface area contributed by atoms with Crippen molar-refractivity contribution in [3.05, 3.63) is 88.2 Å². The minimum absolute atomic E-state index is 0.213. The van der Waals surface area contributed by atoms with Crippen LogP contribution in [0.15, 0.2) is 87.1 Å². The molecule has 0 aliphatic carbocycles. The van der Waals surface area contributed by atoms with Crippen molar-refractivity contribution >= 4 is 66.3 Å². The number of nitrogens with one attached hydrogen (secondary N) is 1. The maximum absolute atomic E-state index is 12.2. The van der Waals surface area contributed by atoms with Crippen LogP contribution in [0, 0.1) is 0 Å². The van der Waals surface area contributed by atoms with Crippen molar-refractivity contribution in [2.24, 2.45) is 0 Å². The number of hydrogen-bond acceptors (Lipinski definition) is 4. The molecule has 146 valence electrons. The maximum Gasteiger partial charge on any atom is 0.250 e. The maximum atomic E-state index is 12.2. The summed E-state index contributed by atoms with van der Waals surface area (Å²) >= 11 is 4.80. The average molecular weight is 475 g/mol. The molecule has 5 rings (SSSR count). The van der Waals surface area contributed by atoms with E-state index >= 15 is 0 Å². The van der Waals surface area contributed by atoms with Gasteiger partial charge in [-0.2, -0.15) is 0 Å². The lowest BCUT2D eigenvalue weighted by Gasteiger charge is -1.98. The van der Waals surface area contributed by atoms with E-state index < -0.39 is 0 Å². The Hall–Kier alpha value is -3.22. The third-order valence-electron chi connectivity index (χ3n) is 4.70. The number of amides is 1. The summed E-state index contributed by atoms with van der Waals surface area (Å²) in [6, 6.07) is 21.8. The fourth-order valence-electron chi connectivity index (χ4n) is 3.24. The van der Waals surface area contributed by atoms with E-state index in [-0.39, 0.29) is 5.91 Å². The van der Waals surface area contributed by atoms with E-state index in [1.165, 1.54) is 17.4 Å². The average Bonchev–Trinajstić information content (AvgIpc) is 3.37. The van der Waals surface area contributed by atoms with Crippen molar-refractivity contribution in [2.45, 2.75) is 0 Å². The second-order valence-corrected chi connectivity index (χ2v) is 8.49. The highest BCUT2D eigenvalue weighted by Crippen LogP contribution is 2.33. The number of carbonyl (C=O) groups is 1. The Kier molecular flexibility index (Phi) is 4.94. The van der Waals surface area contributed by atoms with E-state index in [1.54, 1.807) is 6.08 Å². The van der Waals surface area contributed by atoms with Crippen LogP contribution in [0.5, 0.6) is 0 Å². The number of thiazole rings is 1. The Morgan fingerprint density at radius 1 is 1.00 bits per heavy atom. The van der Waals surface area contributed by atoms with Crippen molar-refractivity contribution in [3.8, 4) is 11.3 Å². The molecule has 5 aromatic rings. The quantitative estimate of drug-likeness (QED) is 0.282. The number of fused-ring (bicyclic) bond motifs is 3. The molecule has 2 aromatic heterocycles. The summed E-state index contributed by atoms with van der Waals surface area (Å²) in [5.41, 5.74) is 4.47. The molecule has 1 N–H and O–H groups in total. The van der Waals surface area contributed by atoms with Gasteiger partial charge < -0.3 is 4.42 Å². The Morgan fingerprint density at radius 3 is 2.67 bits per heavy atom. The van der Waals surface area contributed by atoms with Crippen molar-refractivity contribution in [2.75, 3.05) is 5.32 Å². The standard InChI is InChI=1S/C24H15BrN2O2S/c25-17-9-5-15(6-10-17)7-12-23(28)27-24-26-20(14-30-24)16-8-11-22-19(13-16)18-3-1-2-4-21(18)29-22/h1-14H,(H,26,27,28)/b12-7+. The lowest BCUT2D eigenvalue weighted by molar-refractivity contribution is -0.111. The molecule has 0 saturated heterocycles. The van der Waals surface area contributed by atoms with Gasteiger partial charge in [0.25, 0.3) is 0 Å². The van der Waals surface area contributed by atoms with Crippen LogP contribution in [0.4, 0.5) is 5.13 Å². The van der Waals surface area contributed by atoms with Crippen molar-refractivity contribution in [3.63, 3.8) is 0 Å². The molecular formula is C24H15BrN2O2S. The summed E-state index contributed by atoms with van der Waals surface area (Å²) < 4.78 is 6.89. The number of aromatic nitrogens is 1. The zero-order valence-electron chi connectivity index (χ0n) is 15.6. The molecule has 6 heteroatoms. The summed E-state index contributed by atoms with van der Waals surface area (Å²) in [7, 11) is 0. The zero-order chi connectivity index (χ0) is 20.5. The predicted octanol–water partition coefficient (Wildman–Crippen LogP) is 7.12. The number of rotatable bonds is 4. The molecule has 0 radical (unpaired) electrons. The minimum Gasteiger partial charge on any atom is -0.456 e. The largest absolute Gasteiger partial charge is 0.456 e. The number of para-hydroxylation sites is 1. The summed E-state index contributed by atoms with van der Waals surface area (Å²) in [6.45, 7) is 0. The van der Waals surface area contributed by atoms with E-state index in [4.69, 9.17) is 4.42 Å². The van der Waals surface area contributed by atoms with Gasteiger partial charge in [-0.15, -0.1) is 11.3 Å². The lowest BCUT2D eigenvalue weighted by atomic mass is 10.1. The number of furan rings is 1. The lowest BCUT2D eigenvalue weighted by Crippen LogP contribution is -2.07. The van der Waals surface area contributed by atoms with Gasteiger partial charge in [0.2, 0.25) is 5.91 Å². The van der Waals surface area contributed by atoms with Crippen LogP contribution < -0.4 is 5.32 Å². The number of hydrogen-bond donors (Lipinski definition) is 1. The SMILES string of the molecule is O=C(/C=C/c1ccc(Br)cc1)Nc1nc(-c2ccc3oc4ccccc4c3c2)cs1. The number of benzene rings is 3. The normalized spacial score (nSPS) is 11.5. The predicted molar refractivity (Wildman–Crippen MR) is 127 cm³/mol. The Balaban J connectivity index is 1.35. The van der Waals surface area contributed by atoms with Gasteiger partial charge in [0, 0.05) is 32.3 Å². The van der Waals surface area contributed by atoms with Gasteiger partial charge in [-0.1, -0.05) is 46.3 Å². The van der Waals surface area contributed by atoms with E-state index in [9.17, 15) is 4.79 Å². The second kappa shape index (κ2) is 7.89. The van der Waals surface area contributed by atoms with Crippen LogP contribution >= 0.6 is 27.3 Å². The van der Waals surface area contributed by atoms with Gasteiger partial charge in [-0.3, -0.25) is 10.1 Å². The van der Waals surface area contributed by atoms with Gasteiger partial charge in [-0.05, 0) is 48.0 Å². The topological polar surface area (TPSA) is 55.1 Å². The number of anilines is 1. The van der Waals surface area contributed by atoms with Gasteiger partial charge in [-0.25, -0.2) is 4.98 Å². The first-order valence-electron chi connectivity index (χ1n) is 9.27. The van der Waals surface area contributed by atoms with Crippen LogP contribution in [-0.2, 0) is 4.79 Å². The molecular weight excluding hydrogens is 460 g/mol. The third-order valence-corrected chi connectivity index (χ3v) is 5.99. The van der Waals surface area contributed by atoms with Crippen LogP contribution in [0.1, 0.15) is 5.56 Å². The number of halogens is 1. The van der Waals surface area contributed by atoms with E-state index in [0.29, 0.717) is 5.13 Å². The monoisotopic (exact) mass is 474 g/mol.